The minimum absolute atomic E-state index is 0.0722. The van der Waals surface area contributed by atoms with Crippen LogP contribution in [0.2, 0.25) is 0 Å². The van der Waals surface area contributed by atoms with Gasteiger partial charge in [0.15, 0.2) is 17.2 Å². The first-order valence-electron chi connectivity index (χ1n) is 5.10. The summed E-state index contributed by atoms with van der Waals surface area (Å²) in [6.45, 7) is 0. The molecule has 98 valence electrons. The van der Waals surface area contributed by atoms with E-state index in [0.717, 1.165) is 0 Å². The number of fused-ring (bicyclic) bond motifs is 1. The summed E-state index contributed by atoms with van der Waals surface area (Å²) in [7, 11) is 0. The van der Waals surface area contributed by atoms with E-state index in [1.807, 2.05) is 0 Å². The number of rotatable bonds is 2. The van der Waals surface area contributed by atoms with Gasteiger partial charge in [-0.2, -0.15) is 15.4 Å². The molecule has 0 saturated heterocycles. The molecule has 1 aromatic heterocycles. The van der Waals surface area contributed by atoms with Crippen molar-refractivity contribution < 1.29 is 23.0 Å². The van der Waals surface area contributed by atoms with Crippen LogP contribution >= 0.6 is 0 Å². The first-order valence-corrected chi connectivity index (χ1v) is 5.10. The van der Waals surface area contributed by atoms with Crippen LogP contribution < -0.4 is 14.8 Å². The van der Waals surface area contributed by atoms with E-state index in [1.165, 1.54) is 24.4 Å². The van der Waals surface area contributed by atoms with Crippen molar-refractivity contribution in [1.29, 1.82) is 0 Å². The number of aromatic nitrogens is 3. The van der Waals surface area contributed by atoms with Crippen LogP contribution in [0.5, 0.6) is 11.5 Å². The molecule has 0 unspecified atom stereocenters. The van der Waals surface area contributed by atoms with E-state index < -0.39 is 12.2 Å². The SMILES string of the molecule is O=C(Nc1ccc2c(c1)OC(F)(F)O2)c1cn[nH]n1. The highest BCUT2D eigenvalue weighted by Crippen LogP contribution is 2.42. The summed E-state index contributed by atoms with van der Waals surface area (Å²) in [5.41, 5.74) is 0.344. The number of halogens is 2. The Morgan fingerprint density at radius 3 is 2.84 bits per heavy atom. The molecule has 2 N–H and O–H groups in total. The highest BCUT2D eigenvalue weighted by Gasteiger charge is 2.43. The summed E-state index contributed by atoms with van der Waals surface area (Å²) in [6, 6.07) is 3.91. The number of nitrogens with zero attached hydrogens (tertiary/aromatic N) is 2. The Bertz CT molecular complexity index is 630. The first-order chi connectivity index (χ1) is 9.03. The number of carbonyl (C=O) groups excluding carboxylic acids is 1. The summed E-state index contributed by atoms with van der Waals surface area (Å²) in [5.74, 6) is -0.772. The van der Waals surface area contributed by atoms with E-state index in [2.05, 4.69) is 30.2 Å². The van der Waals surface area contributed by atoms with E-state index in [4.69, 9.17) is 0 Å². The van der Waals surface area contributed by atoms with Crippen LogP contribution in [0.3, 0.4) is 0 Å². The Labute approximate surface area is 104 Å². The lowest BCUT2D eigenvalue weighted by Crippen LogP contribution is -2.25. The molecule has 2 heterocycles. The normalized spacial score (nSPS) is 15.3. The van der Waals surface area contributed by atoms with Crippen molar-refractivity contribution in [2.24, 2.45) is 0 Å². The minimum atomic E-state index is -3.68. The number of aromatic amines is 1. The number of carbonyl (C=O) groups is 1. The zero-order valence-electron chi connectivity index (χ0n) is 9.18. The van der Waals surface area contributed by atoms with Gasteiger partial charge in [0.25, 0.3) is 5.91 Å². The largest absolute Gasteiger partial charge is 0.586 e. The van der Waals surface area contributed by atoms with Gasteiger partial charge in [-0.05, 0) is 12.1 Å². The van der Waals surface area contributed by atoms with E-state index in [-0.39, 0.29) is 22.9 Å². The molecule has 0 aliphatic carbocycles. The van der Waals surface area contributed by atoms with Gasteiger partial charge in [-0.15, -0.1) is 8.78 Å². The number of H-pyrrole nitrogens is 1. The maximum atomic E-state index is 12.8. The molecule has 1 aromatic carbocycles. The number of anilines is 1. The molecule has 1 amide bonds. The Balaban J connectivity index is 1.79. The molecule has 2 aromatic rings. The van der Waals surface area contributed by atoms with E-state index in [9.17, 15) is 13.6 Å². The van der Waals surface area contributed by atoms with Gasteiger partial charge in [0.1, 0.15) is 0 Å². The van der Waals surface area contributed by atoms with Crippen molar-refractivity contribution in [1.82, 2.24) is 15.4 Å². The monoisotopic (exact) mass is 268 g/mol. The Morgan fingerprint density at radius 2 is 2.11 bits per heavy atom. The second kappa shape index (κ2) is 3.90. The van der Waals surface area contributed by atoms with Gasteiger partial charge in [-0.1, -0.05) is 0 Å². The van der Waals surface area contributed by atoms with E-state index >= 15 is 0 Å². The predicted octanol–water partition coefficient (Wildman–Crippen LogP) is 1.38. The van der Waals surface area contributed by atoms with Gasteiger partial charge >= 0.3 is 6.29 Å². The van der Waals surface area contributed by atoms with Crippen molar-refractivity contribution in [2.75, 3.05) is 5.32 Å². The van der Waals surface area contributed by atoms with Gasteiger partial charge in [-0.3, -0.25) is 4.79 Å². The van der Waals surface area contributed by atoms with E-state index in [0.29, 0.717) is 0 Å². The van der Waals surface area contributed by atoms with Crippen molar-refractivity contribution >= 4 is 11.6 Å². The topological polar surface area (TPSA) is 89.1 Å². The molecule has 0 spiro atoms. The second-order valence-corrected chi connectivity index (χ2v) is 3.64. The number of hydrogen-bond donors (Lipinski definition) is 2. The Morgan fingerprint density at radius 1 is 1.32 bits per heavy atom. The fourth-order valence-corrected chi connectivity index (χ4v) is 1.53. The molecule has 1 aliphatic rings. The molecule has 0 bridgehead atoms. The van der Waals surface area contributed by atoms with Crippen LogP contribution in [-0.4, -0.2) is 27.6 Å². The lowest BCUT2D eigenvalue weighted by molar-refractivity contribution is -0.286. The van der Waals surface area contributed by atoms with Crippen molar-refractivity contribution in [3.63, 3.8) is 0 Å². The average Bonchev–Trinajstić information content (AvgIpc) is 2.93. The third-order valence-electron chi connectivity index (χ3n) is 2.31. The molecule has 0 saturated carbocycles. The summed E-state index contributed by atoms with van der Waals surface area (Å²) in [4.78, 5) is 11.6. The maximum absolute atomic E-state index is 12.8. The number of nitrogens with one attached hydrogen (secondary N) is 2. The fourth-order valence-electron chi connectivity index (χ4n) is 1.53. The fraction of sp³-hybridized carbons (Fsp3) is 0.100. The smallest absolute Gasteiger partial charge is 0.395 e. The van der Waals surface area contributed by atoms with Crippen molar-refractivity contribution in [2.45, 2.75) is 6.29 Å². The molecular weight excluding hydrogens is 262 g/mol. The zero-order valence-corrected chi connectivity index (χ0v) is 9.18. The third-order valence-corrected chi connectivity index (χ3v) is 2.31. The van der Waals surface area contributed by atoms with Crippen LogP contribution in [0.1, 0.15) is 10.5 Å². The van der Waals surface area contributed by atoms with E-state index in [1.54, 1.807) is 0 Å². The van der Waals surface area contributed by atoms with Gasteiger partial charge in [-0.25, -0.2) is 0 Å². The average molecular weight is 268 g/mol. The molecule has 1 aliphatic heterocycles. The Kier molecular flexibility index (Phi) is 2.34. The van der Waals surface area contributed by atoms with Gasteiger partial charge in [0.05, 0.1) is 6.20 Å². The predicted molar refractivity (Wildman–Crippen MR) is 57.0 cm³/mol. The van der Waals surface area contributed by atoms with Crippen LogP contribution in [-0.2, 0) is 0 Å². The van der Waals surface area contributed by atoms with Gasteiger partial charge in [0, 0.05) is 11.8 Å². The van der Waals surface area contributed by atoms with Crippen LogP contribution in [0.15, 0.2) is 24.4 Å². The maximum Gasteiger partial charge on any atom is 0.586 e. The van der Waals surface area contributed by atoms with Crippen LogP contribution in [0, 0.1) is 0 Å². The third kappa shape index (κ3) is 2.17. The summed E-state index contributed by atoms with van der Waals surface area (Å²) >= 11 is 0. The number of ether oxygens (including phenoxy) is 2. The molecule has 19 heavy (non-hydrogen) atoms. The number of benzene rings is 1. The lowest BCUT2D eigenvalue weighted by atomic mass is 10.2. The van der Waals surface area contributed by atoms with Crippen molar-refractivity contribution in [3.8, 4) is 11.5 Å². The van der Waals surface area contributed by atoms with Gasteiger partial charge < -0.3 is 14.8 Å². The highest BCUT2D eigenvalue weighted by molar-refractivity contribution is 6.02. The molecule has 9 heteroatoms. The molecular formula is C10H6F2N4O3. The summed E-state index contributed by atoms with van der Waals surface area (Å²) in [5, 5.41) is 11.8. The molecule has 0 atom stereocenters. The summed E-state index contributed by atoms with van der Waals surface area (Å²) < 4.78 is 34.1. The molecule has 0 radical (unpaired) electrons. The summed E-state index contributed by atoms with van der Waals surface area (Å²) in [6.07, 6.45) is -2.45. The molecule has 3 rings (SSSR count). The molecule has 0 fully saturated rings. The standard InChI is InChI=1S/C10H6F2N4O3/c11-10(12)18-7-2-1-5(3-8(7)19-10)14-9(17)6-4-13-16-15-6/h1-4H,(H,14,17)(H,13,15,16). The quantitative estimate of drug-likeness (QED) is 0.858. The van der Waals surface area contributed by atoms with Crippen molar-refractivity contribution in [3.05, 3.63) is 30.1 Å². The van der Waals surface area contributed by atoms with Crippen LogP contribution in [0.4, 0.5) is 14.5 Å². The highest BCUT2D eigenvalue weighted by atomic mass is 19.3. The van der Waals surface area contributed by atoms with Gasteiger partial charge in [0.2, 0.25) is 0 Å². The lowest BCUT2D eigenvalue weighted by Gasteiger charge is -2.04. The Hall–Kier alpha value is -2.71. The number of alkyl halides is 2. The zero-order chi connectivity index (χ0) is 13.5. The number of hydrogen-bond acceptors (Lipinski definition) is 5. The minimum Gasteiger partial charge on any atom is -0.395 e. The second-order valence-electron chi connectivity index (χ2n) is 3.64. The van der Waals surface area contributed by atoms with Crippen LogP contribution in [0.25, 0.3) is 0 Å². The first kappa shape index (κ1) is 11.4. The molecule has 7 nitrogen and oxygen atoms in total. The number of amides is 1.